The molecule has 0 aliphatic carbocycles. The first-order valence-corrected chi connectivity index (χ1v) is 8.40. The Morgan fingerprint density at radius 1 is 1.13 bits per heavy atom. The van der Waals surface area contributed by atoms with Gasteiger partial charge in [-0.3, -0.25) is 0 Å². The van der Waals surface area contributed by atoms with Gasteiger partial charge in [-0.05, 0) is 48.2 Å². The molecule has 2 atom stereocenters. The summed E-state index contributed by atoms with van der Waals surface area (Å²) in [5.41, 5.74) is 3.73. The number of rotatable bonds is 5. The highest BCUT2D eigenvalue weighted by Gasteiger charge is 2.25. The van der Waals surface area contributed by atoms with Gasteiger partial charge in [-0.25, -0.2) is 0 Å². The molecular weight excluding hydrogens is 286 g/mol. The highest BCUT2D eigenvalue weighted by atomic mass is 16.5. The molecule has 0 bridgehead atoms. The smallest absolute Gasteiger partial charge is 0.118 e. The average Bonchev–Trinajstić information content (AvgIpc) is 2.62. The van der Waals surface area contributed by atoms with Gasteiger partial charge in [0.25, 0.3) is 0 Å². The first kappa shape index (κ1) is 16.0. The van der Waals surface area contributed by atoms with Crippen molar-refractivity contribution in [1.29, 1.82) is 0 Å². The van der Waals surface area contributed by atoms with Gasteiger partial charge in [0, 0.05) is 12.6 Å². The van der Waals surface area contributed by atoms with Crippen LogP contribution in [0, 0.1) is 0 Å². The molecule has 3 heteroatoms. The van der Waals surface area contributed by atoms with E-state index in [0.29, 0.717) is 6.04 Å². The van der Waals surface area contributed by atoms with Crippen LogP contribution in [0.25, 0.3) is 11.1 Å². The highest BCUT2D eigenvalue weighted by molar-refractivity contribution is 5.68. The Morgan fingerprint density at radius 3 is 2.65 bits per heavy atom. The summed E-state index contributed by atoms with van der Waals surface area (Å²) >= 11 is 0. The summed E-state index contributed by atoms with van der Waals surface area (Å²) < 4.78 is 11.3. The van der Waals surface area contributed by atoms with Gasteiger partial charge >= 0.3 is 0 Å². The Morgan fingerprint density at radius 2 is 1.91 bits per heavy atom. The third-order valence-electron chi connectivity index (χ3n) is 4.49. The minimum absolute atomic E-state index is 0.158. The van der Waals surface area contributed by atoms with Crippen LogP contribution in [-0.4, -0.2) is 26.3 Å². The van der Waals surface area contributed by atoms with E-state index in [1.54, 1.807) is 7.11 Å². The number of hydrogen-bond acceptors (Lipinski definition) is 3. The van der Waals surface area contributed by atoms with E-state index in [1.165, 1.54) is 16.7 Å². The summed E-state index contributed by atoms with van der Waals surface area (Å²) in [5.74, 6) is 0.882. The van der Waals surface area contributed by atoms with E-state index in [1.807, 2.05) is 12.1 Å². The van der Waals surface area contributed by atoms with E-state index in [-0.39, 0.29) is 6.10 Å². The van der Waals surface area contributed by atoms with Crippen LogP contribution in [-0.2, 0) is 4.74 Å². The number of methoxy groups -OCH3 is 1. The molecule has 1 saturated heterocycles. The third kappa shape index (κ3) is 3.74. The lowest BCUT2D eigenvalue weighted by Crippen LogP contribution is -2.36. The van der Waals surface area contributed by atoms with Gasteiger partial charge < -0.3 is 14.8 Å². The van der Waals surface area contributed by atoms with Gasteiger partial charge in [-0.2, -0.15) is 0 Å². The fourth-order valence-electron chi connectivity index (χ4n) is 3.30. The van der Waals surface area contributed by atoms with Crippen molar-refractivity contribution in [1.82, 2.24) is 5.32 Å². The van der Waals surface area contributed by atoms with Crippen LogP contribution in [0.1, 0.15) is 31.4 Å². The molecule has 3 nitrogen and oxygen atoms in total. The molecule has 0 spiro atoms. The van der Waals surface area contributed by atoms with Gasteiger partial charge in [0.05, 0.1) is 13.2 Å². The first-order chi connectivity index (χ1) is 11.3. The average molecular weight is 311 g/mol. The van der Waals surface area contributed by atoms with Crippen LogP contribution in [0.4, 0.5) is 0 Å². The van der Waals surface area contributed by atoms with Crippen LogP contribution in [0.15, 0.2) is 48.5 Å². The van der Waals surface area contributed by atoms with E-state index in [4.69, 9.17) is 9.47 Å². The van der Waals surface area contributed by atoms with Crippen molar-refractivity contribution in [2.45, 2.75) is 31.9 Å². The molecule has 1 fully saturated rings. The summed E-state index contributed by atoms with van der Waals surface area (Å²) in [7, 11) is 1.69. The molecule has 23 heavy (non-hydrogen) atoms. The predicted molar refractivity (Wildman–Crippen MR) is 93.8 cm³/mol. The Hall–Kier alpha value is -1.84. The van der Waals surface area contributed by atoms with Crippen molar-refractivity contribution in [2.24, 2.45) is 0 Å². The topological polar surface area (TPSA) is 30.5 Å². The standard InChI is InChI=1S/C20H25NO2/c1-3-21-16-12-13-23-20(14-16)19-7-5-4-6-18(19)15-8-10-17(22-2)11-9-15/h4-11,16,20-21H,3,12-14H2,1-2H3. The van der Waals surface area contributed by atoms with Crippen molar-refractivity contribution < 1.29 is 9.47 Å². The zero-order valence-electron chi connectivity index (χ0n) is 13.9. The molecule has 0 aromatic heterocycles. The van der Waals surface area contributed by atoms with Crippen LogP contribution in [0.2, 0.25) is 0 Å². The SMILES string of the molecule is CCNC1CCOC(c2ccccc2-c2ccc(OC)cc2)C1. The maximum atomic E-state index is 6.08. The van der Waals surface area contributed by atoms with E-state index in [0.717, 1.165) is 31.7 Å². The van der Waals surface area contributed by atoms with Crippen LogP contribution < -0.4 is 10.1 Å². The molecule has 0 radical (unpaired) electrons. The van der Waals surface area contributed by atoms with Gasteiger partial charge in [0.1, 0.15) is 5.75 Å². The maximum Gasteiger partial charge on any atom is 0.118 e. The second kappa shape index (κ2) is 7.62. The quantitative estimate of drug-likeness (QED) is 0.898. The molecular formula is C20H25NO2. The first-order valence-electron chi connectivity index (χ1n) is 8.40. The van der Waals surface area contributed by atoms with Crippen molar-refractivity contribution >= 4 is 0 Å². The fraction of sp³-hybridized carbons (Fsp3) is 0.400. The normalized spacial score (nSPS) is 21.1. The fourth-order valence-corrected chi connectivity index (χ4v) is 3.30. The monoisotopic (exact) mass is 311 g/mol. The second-order valence-corrected chi connectivity index (χ2v) is 5.95. The van der Waals surface area contributed by atoms with Crippen LogP contribution in [0.3, 0.4) is 0 Å². The van der Waals surface area contributed by atoms with Gasteiger partial charge in [-0.15, -0.1) is 0 Å². The lowest BCUT2D eigenvalue weighted by Gasteiger charge is -2.31. The van der Waals surface area contributed by atoms with Gasteiger partial charge in [-0.1, -0.05) is 43.3 Å². The molecule has 2 aromatic rings. The minimum atomic E-state index is 0.158. The summed E-state index contributed by atoms with van der Waals surface area (Å²) in [6.45, 7) is 3.99. The molecule has 3 rings (SSSR count). The van der Waals surface area contributed by atoms with E-state index in [9.17, 15) is 0 Å². The van der Waals surface area contributed by atoms with E-state index < -0.39 is 0 Å². The maximum absolute atomic E-state index is 6.08. The Labute approximate surface area is 138 Å². The number of nitrogens with one attached hydrogen (secondary N) is 1. The lowest BCUT2D eigenvalue weighted by atomic mass is 9.91. The number of ether oxygens (including phenoxy) is 2. The van der Waals surface area contributed by atoms with Crippen molar-refractivity contribution in [3.8, 4) is 16.9 Å². The number of benzene rings is 2. The van der Waals surface area contributed by atoms with Gasteiger partial charge in [0.2, 0.25) is 0 Å². The zero-order chi connectivity index (χ0) is 16.1. The van der Waals surface area contributed by atoms with Crippen molar-refractivity contribution in [3.63, 3.8) is 0 Å². The molecule has 1 heterocycles. The summed E-state index contributed by atoms with van der Waals surface area (Å²) in [4.78, 5) is 0. The summed E-state index contributed by atoms with van der Waals surface area (Å²) in [6, 6.07) is 17.4. The van der Waals surface area contributed by atoms with Crippen LogP contribution in [0.5, 0.6) is 5.75 Å². The van der Waals surface area contributed by atoms with Crippen molar-refractivity contribution in [2.75, 3.05) is 20.3 Å². The van der Waals surface area contributed by atoms with Crippen LogP contribution >= 0.6 is 0 Å². The molecule has 1 aliphatic heterocycles. The van der Waals surface area contributed by atoms with Crippen molar-refractivity contribution in [3.05, 3.63) is 54.1 Å². The zero-order valence-corrected chi connectivity index (χ0v) is 13.9. The Bertz CT molecular complexity index is 622. The summed E-state index contributed by atoms with van der Waals surface area (Å²) in [6.07, 6.45) is 2.28. The lowest BCUT2D eigenvalue weighted by molar-refractivity contribution is 0.000921. The molecule has 1 N–H and O–H groups in total. The Kier molecular flexibility index (Phi) is 5.31. The van der Waals surface area contributed by atoms with Gasteiger partial charge in [0.15, 0.2) is 0 Å². The number of hydrogen-bond donors (Lipinski definition) is 1. The molecule has 122 valence electrons. The predicted octanol–water partition coefficient (Wildman–Crippen LogP) is 4.19. The van der Waals surface area contributed by atoms with E-state index in [2.05, 4.69) is 48.6 Å². The highest BCUT2D eigenvalue weighted by Crippen LogP contribution is 2.35. The second-order valence-electron chi connectivity index (χ2n) is 5.95. The third-order valence-corrected chi connectivity index (χ3v) is 4.49. The molecule has 2 unspecified atom stereocenters. The molecule has 0 amide bonds. The summed E-state index contributed by atoms with van der Waals surface area (Å²) in [5, 5.41) is 3.56. The molecule has 1 aliphatic rings. The largest absolute Gasteiger partial charge is 0.497 e. The molecule has 0 saturated carbocycles. The molecule has 2 aromatic carbocycles. The van der Waals surface area contributed by atoms with E-state index >= 15 is 0 Å². The minimum Gasteiger partial charge on any atom is -0.497 e. The Balaban J connectivity index is 1.87.